The van der Waals surface area contributed by atoms with E-state index >= 15 is 0 Å². The van der Waals surface area contributed by atoms with Gasteiger partial charge in [0.2, 0.25) is 0 Å². The Morgan fingerprint density at radius 3 is 2.90 bits per heavy atom. The Hall–Kier alpha value is -3.20. The van der Waals surface area contributed by atoms with Crippen molar-refractivity contribution in [3.05, 3.63) is 63.8 Å². The molecule has 9 heteroatoms. The minimum atomic E-state index is -0.895. The first-order chi connectivity index (χ1) is 15.1. The Kier molecular flexibility index (Phi) is 6.31. The minimum Gasteiger partial charge on any atom is -0.490 e. The van der Waals surface area contributed by atoms with Gasteiger partial charge in [-0.05, 0) is 43.4 Å². The number of carbonyl (C=O) groups excluding carboxylic acids is 1. The van der Waals surface area contributed by atoms with E-state index in [-0.39, 0.29) is 21.7 Å². The number of carbonyl (C=O) groups is 1. The number of benzene rings is 1. The van der Waals surface area contributed by atoms with Crippen LogP contribution >= 0.6 is 12.2 Å². The summed E-state index contributed by atoms with van der Waals surface area (Å²) in [6.07, 6.45) is 7.92. The second kappa shape index (κ2) is 9.30. The maximum atomic E-state index is 13.4. The van der Waals surface area contributed by atoms with Gasteiger partial charge in [-0.3, -0.25) is 15.0 Å². The first-order valence-corrected chi connectivity index (χ1v) is 10.7. The quantitative estimate of drug-likeness (QED) is 0.329. The van der Waals surface area contributed by atoms with Gasteiger partial charge in [0.05, 0.1) is 6.33 Å². The molecule has 2 N–H and O–H groups in total. The number of aromatic amines is 2. The summed E-state index contributed by atoms with van der Waals surface area (Å²) in [4.78, 5) is 29.9. The predicted molar refractivity (Wildman–Crippen MR) is 119 cm³/mol. The highest BCUT2D eigenvalue weighted by Crippen LogP contribution is 2.28. The molecule has 8 nitrogen and oxygen atoms in total. The first-order valence-electron chi connectivity index (χ1n) is 10.3. The van der Waals surface area contributed by atoms with Crippen LogP contribution in [0.4, 0.5) is 0 Å². The van der Waals surface area contributed by atoms with Crippen LogP contribution in [0.2, 0.25) is 0 Å². The van der Waals surface area contributed by atoms with Crippen LogP contribution in [0.25, 0.3) is 11.0 Å². The number of ether oxygens (including phenoxy) is 2. The van der Waals surface area contributed by atoms with Gasteiger partial charge < -0.3 is 14.0 Å². The number of hydrogen-bond acceptors (Lipinski definition) is 6. The average Bonchev–Trinajstić information content (AvgIpc) is 3.16. The molecule has 1 aliphatic carbocycles. The number of H-pyrrole nitrogens is 2. The first kappa shape index (κ1) is 21.0. The lowest BCUT2D eigenvalue weighted by Gasteiger charge is -2.26. The molecule has 1 unspecified atom stereocenters. The number of nitrogens with one attached hydrogen (secondary N) is 2. The molecule has 0 spiro atoms. The van der Waals surface area contributed by atoms with Gasteiger partial charge in [0.25, 0.3) is 5.56 Å². The Balaban J connectivity index is 1.77. The summed E-state index contributed by atoms with van der Waals surface area (Å²) in [6.45, 7) is 4.00. The van der Waals surface area contributed by atoms with Crippen LogP contribution in [0, 0.1) is 4.64 Å². The van der Waals surface area contributed by atoms with Crippen molar-refractivity contribution < 1.29 is 14.3 Å². The summed E-state index contributed by atoms with van der Waals surface area (Å²) in [5.74, 6) is 0.157. The lowest BCUT2D eigenvalue weighted by molar-refractivity contribution is -0.153. The van der Waals surface area contributed by atoms with Crippen LogP contribution in [-0.4, -0.2) is 38.4 Å². The van der Waals surface area contributed by atoms with Crippen molar-refractivity contribution >= 4 is 29.2 Å². The molecule has 0 aliphatic heterocycles. The van der Waals surface area contributed by atoms with E-state index in [9.17, 15) is 9.59 Å². The molecule has 1 atom stereocenters. The fourth-order valence-corrected chi connectivity index (χ4v) is 4.22. The van der Waals surface area contributed by atoms with E-state index < -0.39 is 12.0 Å². The van der Waals surface area contributed by atoms with E-state index in [2.05, 4.69) is 21.8 Å². The van der Waals surface area contributed by atoms with Gasteiger partial charge in [0.1, 0.15) is 28.5 Å². The zero-order chi connectivity index (χ0) is 21.8. The van der Waals surface area contributed by atoms with Gasteiger partial charge in [0.15, 0.2) is 11.7 Å². The molecule has 0 bridgehead atoms. The topological polar surface area (TPSA) is 102 Å². The second-order valence-corrected chi connectivity index (χ2v) is 7.92. The van der Waals surface area contributed by atoms with Crippen molar-refractivity contribution in [3.63, 3.8) is 0 Å². The highest BCUT2D eigenvalue weighted by molar-refractivity contribution is 7.71. The van der Waals surface area contributed by atoms with Crippen LogP contribution in [0.15, 0.2) is 48.0 Å². The zero-order valence-corrected chi connectivity index (χ0v) is 17.8. The van der Waals surface area contributed by atoms with Gasteiger partial charge in [-0.25, -0.2) is 9.78 Å². The van der Waals surface area contributed by atoms with Crippen LogP contribution in [0.1, 0.15) is 43.7 Å². The fourth-order valence-electron chi connectivity index (χ4n) is 3.88. The maximum Gasteiger partial charge on any atom is 0.334 e. The van der Waals surface area contributed by atoms with Gasteiger partial charge in [-0.15, -0.1) is 0 Å². The van der Waals surface area contributed by atoms with E-state index in [1.807, 2.05) is 0 Å². The molecule has 0 radical (unpaired) electrons. The number of esters is 1. The monoisotopic (exact) mass is 440 g/mol. The van der Waals surface area contributed by atoms with E-state index in [0.717, 1.165) is 32.1 Å². The summed E-state index contributed by atoms with van der Waals surface area (Å²) in [5.41, 5.74) is 0.588. The molecule has 2 heterocycles. The molecule has 1 fully saturated rings. The molecule has 1 aromatic carbocycles. The molecule has 162 valence electrons. The third kappa shape index (κ3) is 4.46. The van der Waals surface area contributed by atoms with Gasteiger partial charge >= 0.3 is 5.97 Å². The molecule has 0 amide bonds. The second-order valence-electron chi connectivity index (χ2n) is 7.53. The van der Waals surface area contributed by atoms with E-state index in [1.165, 1.54) is 10.9 Å². The minimum absolute atomic E-state index is 0.120. The number of hydrogen-bond donors (Lipinski definition) is 2. The molecule has 1 aliphatic rings. The van der Waals surface area contributed by atoms with Crippen molar-refractivity contribution in [1.82, 2.24) is 19.7 Å². The number of rotatable bonds is 7. The number of fused-ring (bicyclic) bond motifs is 1. The van der Waals surface area contributed by atoms with Crippen molar-refractivity contribution in [2.75, 3.05) is 6.61 Å². The SMILES string of the molecule is C=CCOc1cccc(C(C(=O)OC2CCCCC2)n2cnc3[nH][nH]c(=O)c3c2=S)c1. The normalized spacial score (nSPS) is 15.5. The van der Waals surface area contributed by atoms with Gasteiger partial charge in [-0.1, -0.05) is 43.4 Å². The molecule has 4 rings (SSSR count). The Morgan fingerprint density at radius 1 is 1.32 bits per heavy atom. The largest absolute Gasteiger partial charge is 0.490 e. The number of aromatic nitrogens is 4. The lowest BCUT2D eigenvalue weighted by atomic mass is 9.97. The van der Waals surface area contributed by atoms with Gasteiger partial charge in [-0.2, -0.15) is 0 Å². The van der Waals surface area contributed by atoms with E-state index in [0.29, 0.717) is 23.6 Å². The Labute approximate surface area is 183 Å². The Bertz CT molecular complexity index is 1210. The molecule has 0 saturated heterocycles. The van der Waals surface area contributed by atoms with Crippen molar-refractivity contribution in [2.45, 2.75) is 44.2 Å². The van der Waals surface area contributed by atoms with Crippen LogP contribution in [0.5, 0.6) is 5.75 Å². The molecule has 1 saturated carbocycles. The fraction of sp³-hybridized carbons (Fsp3) is 0.364. The van der Waals surface area contributed by atoms with Crippen molar-refractivity contribution in [3.8, 4) is 5.75 Å². The van der Waals surface area contributed by atoms with Crippen LogP contribution < -0.4 is 10.3 Å². The number of nitrogens with zero attached hydrogens (tertiary/aromatic N) is 2. The maximum absolute atomic E-state index is 13.4. The third-order valence-electron chi connectivity index (χ3n) is 5.40. The van der Waals surface area contributed by atoms with E-state index in [1.54, 1.807) is 30.3 Å². The molecular weight excluding hydrogens is 416 g/mol. The summed E-state index contributed by atoms with van der Waals surface area (Å²) >= 11 is 5.57. The molecule has 3 aromatic rings. The van der Waals surface area contributed by atoms with E-state index in [4.69, 9.17) is 21.7 Å². The molecule has 2 aromatic heterocycles. The van der Waals surface area contributed by atoms with Gasteiger partial charge in [0, 0.05) is 0 Å². The summed E-state index contributed by atoms with van der Waals surface area (Å²) < 4.78 is 13.2. The summed E-state index contributed by atoms with van der Waals surface area (Å²) in [5, 5.41) is 5.40. The smallest absolute Gasteiger partial charge is 0.334 e. The Morgan fingerprint density at radius 2 is 2.13 bits per heavy atom. The predicted octanol–water partition coefficient (Wildman–Crippen LogP) is 3.81. The van der Waals surface area contributed by atoms with Crippen molar-refractivity contribution in [2.24, 2.45) is 0 Å². The van der Waals surface area contributed by atoms with Crippen molar-refractivity contribution in [1.29, 1.82) is 0 Å². The zero-order valence-electron chi connectivity index (χ0n) is 17.0. The van der Waals surface area contributed by atoms with Crippen LogP contribution in [0.3, 0.4) is 0 Å². The third-order valence-corrected chi connectivity index (χ3v) is 5.81. The summed E-state index contributed by atoms with van der Waals surface area (Å²) in [6, 6.07) is 6.28. The summed E-state index contributed by atoms with van der Waals surface area (Å²) in [7, 11) is 0. The molecule has 31 heavy (non-hydrogen) atoms. The standard InChI is InChI=1S/C22H24N4O4S/c1-2-11-29-16-10-6-7-14(12-16)18(22(28)30-15-8-4-3-5-9-15)26-13-23-19-17(21(26)31)20(27)25-24-19/h2,6-7,10,12-13,15,18H,1,3-5,8-9,11H2,(H2,24,25,27). The highest BCUT2D eigenvalue weighted by Gasteiger charge is 2.29. The molecular formula is C22H24N4O4S. The van der Waals surface area contributed by atoms with Crippen LogP contribution in [-0.2, 0) is 9.53 Å². The highest BCUT2D eigenvalue weighted by atomic mass is 32.1. The lowest BCUT2D eigenvalue weighted by Crippen LogP contribution is -2.29. The average molecular weight is 441 g/mol.